The topological polar surface area (TPSA) is 15.3 Å². The number of nitrogens with one attached hydrogen (secondary N) is 1. The minimum absolute atomic E-state index is 0.377. The summed E-state index contributed by atoms with van der Waals surface area (Å²) in [6.45, 7) is 6.80. The molecule has 4 heteroatoms. The average Bonchev–Trinajstić information content (AvgIpc) is 2.50. The van der Waals surface area contributed by atoms with Crippen molar-refractivity contribution >= 4 is 0 Å². The van der Waals surface area contributed by atoms with Crippen LogP contribution in [0.5, 0.6) is 0 Å². The average molecular weight is 296 g/mol. The molecule has 0 aliphatic carbocycles. The third-order valence-electron chi connectivity index (χ3n) is 4.36. The maximum atomic E-state index is 13.9. The molecule has 0 spiro atoms. The molecule has 21 heavy (non-hydrogen) atoms. The number of hydrogen-bond donors (Lipinski definition) is 1. The Morgan fingerprint density at radius 3 is 2.90 bits per heavy atom. The summed E-state index contributed by atoms with van der Waals surface area (Å²) in [6.07, 6.45) is 4.57. The molecule has 2 nitrogen and oxygen atoms in total. The highest BCUT2D eigenvalue weighted by molar-refractivity contribution is 5.19. The van der Waals surface area contributed by atoms with Crippen molar-refractivity contribution in [3.05, 3.63) is 35.4 Å². The number of piperidine rings is 1. The lowest BCUT2D eigenvalue weighted by Crippen LogP contribution is -2.50. The Bertz CT molecular complexity index is 450. The maximum Gasteiger partial charge on any atom is 0.163 e. The third-order valence-corrected chi connectivity index (χ3v) is 4.36. The molecule has 118 valence electrons. The molecular formula is C17H26F2N2. The van der Waals surface area contributed by atoms with Crippen LogP contribution in [0.3, 0.4) is 0 Å². The van der Waals surface area contributed by atoms with Gasteiger partial charge in [0.25, 0.3) is 0 Å². The van der Waals surface area contributed by atoms with E-state index in [0.717, 1.165) is 32.4 Å². The van der Waals surface area contributed by atoms with Gasteiger partial charge in [0.05, 0.1) is 0 Å². The summed E-state index contributed by atoms with van der Waals surface area (Å²) >= 11 is 0. The fraction of sp³-hybridized carbons (Fsp3) is 0.647. The van der Waals surface area contributed by atoms with Crippen molar-refractivity contribution in [1.29, 1.82) is 0 Å². The number of halogens is 2. The van der Waals surface area contributed by atoms with Gasteiger partial charge in [-0.2, -0.15) is 0 Å². The molecule has 1 aliphatic heterocycles. The van der Waals surface area contributed by atoms with E-state index in [4.69, 9.17) is 0 Å². The first-order chi connectivity index (χ1) is 10.1. The molecule has 0 radical (unpaired) electrons. The number of nitrogens with zero attached hydrogens (tertiary/aromatic N) is 1. The Hall–Kier alpha value is -1.00. The summed E-state index contributed by atoms with van der Waals surface area (Å²) in [7, 11) is 0. The molecule has 0 aromatic heterocycles. The number of hydrogen-bond acceptors (Lipinski definition) is 2. The van der Waals surface area contributed by atoms with Crippen molar-refractivity contribution in [2.24, 2.45) is 0 Å². The molecule has 1 aromatic carbocycles. The van der Waals surface area contributed by atoms with Crippen molar-refractivity contribution in [3.63, 3.8) is 0 Å². The summed E-state index contributed by atoms with van der Waals surface area (Å²) in [5.41, 5.74) is 0.463. The summed E-state index contributed by atoms with van der Waals surface area (Å²) in [5, 5.41) is 3.53. The van der Waals surface area contributed by atoms with Crippen LogP contribution in [0.15, 0.2) is 18.2 Å². The molecule has 0 bridgehead atoms. The highest BCUT2D eigenvalue weighted by Crippen LogP contribution is 2.23. The fourth-order valence-corrected chi connectivity index (χ4v) is 3.18. The molecule has 1 N–H and O–H groups in total. The Labute approximate surface area is 126 Å². The first-order valence-corrected chi connectivity index (χ1v) is 8.03. The van der Waals surface area contributed by atoms with Gasteiger partial charge in [-0.25, -0.2) is 8.78 Å². The van der Waals surface area contributed by atoms with E-state index in [1.54, 1.807) is 12.1 Å². The molecule has 2 atom stereocenters. The molecule has 0 amide bonds. The highest BCUT2D eigenvalue weighted by Gasteiger charge is 2.27. The second kappa shape index (κ2) is 7.85. The van der Waals surface area contributed by atoms with Gasteiger partial charge >= 0.3 is 0 Å². The Morgan fingerprint density at radius 2 is 2.14 bits per heavy atom. The van der Waals surface area contributed by atoms with Crippen LogP contribution in [0.2, 0.25) is 0 Å². The Kier molecular flexibility index (Phi) is 6.12. The first-order valence-electron chi connectivity index (χ1n) is 8.03. The van der Waals surface area contributed by atoms with Crippen LogP contribution in [0, 0.1) is 11.6 Å². The van der Waals surface area contributed by atoms with Crippen LogP contribution >= 0.6 is 0 Å². The van der Waals surface area contributed by atoms with Gasteiger partial charge in [-0.1, -0.05) is 25.5 Å². The minimum atomic E-state index is -0.752. The van der Waals surface area contributed by atoms with Crippen LogP contribution in [-0.4, -0.2) is 30.1 Å². The highest BCUT2D eigenvalue weighted by atomic mass is 19.2. The van der Waals surface area contributed by atoms with Crippen molar-refractivity contribution in [3.8, 4) is 0 Å². The van der Waals surface area contributed by atoms with Crippen molar-refractivity contribution in [2.75, 3.05) is 13.1 Å². The molecule has 1 saturated heterocycles. The molecule has 2 rings (SSSR count). The number of benzene rings is 1. The van der Waals surface area contributed by atoms with Crippen molar-refractivity contribution in [1.82, 2.24) is 10.2 Å². The molecule has 1 fully saturated rings. The zero-order chi connectivity index (χ0) is 15.2. The van der Waals surface area contributed by atoms with Gasteiger partial charge in [-0.3, -0.25) is 4.90 Å². The Balaban J connectivity index is 2.06. The lowest BCUT2D eigenvalue weighted by molar-refractivity contribution is 0.110. The smallest absolute Gasteiger partial charge is 0.163 e. The van der Waals surface area contributed by atoms with Gasteiger partial charge in [0, 0.05) is 24.2 Å². The lowest BCUT2D eigenvalue weighted by atomic mass is 9.95. The van der Waals surface area contributed by atoms with Gasteiger partial charge in [-0.05, 0) is 45.3 Å². The van der Waals surface area contributed by atoms with Crippen LogP contribution in [-0.2, 0) is 6.54 Å². The van der Waals surface area contributed by atoms with Crippen LogP contribution in [0.1, 0.15) is 45.1 Å². The van der Waals surface area contributed by atoms with E-state index in [2.05, 4.69) is 24.1 Å². The quantitative estimate of drug-likeness (QED) is 0.861. The van der Waals surface area contributed by atoms with Gasteiger partial charge in [0.2, 0.25) is 0 Å². The second-order valence-electron chi connectivity index (χ2n) is 5.99. The third kappa shape index (κ3) is 4.24. The molecule has 1 aliphatic rings. The van der Waals surface area contributed by atoms with Crippen LogP contribution in [0.4, 0.5) is 8.78 Å². The summed E-state index contributed by atoms with van der Waals surface area (Å²) < 4.78 is 27.2. The summed E-state index contributed by atoms with van der Waals surface area (Å²) in [6, 6.07) is 5.23. The molecule has 1 aromatic rings. The van der Waals surface area contributed by atoms with Crippen molar-refractivity contribution < 1.29 is 8.78 Å². The predicted octanol–water partition coefficient (Wildman–Crippen LogP) is 3.71. The number of rotatable bonds is 6. The minimum Gasteiger partial charge on any atom is -0.313 e. The molecular weight excluding hydrogens is 270 g/mol. The van der Waals surface area contributed by atoms with E-state index in [9.17, 15) is 8.78 Å². The Morgan fingerprint density at radius 1 is 1.33 bits per heavy atom. The van der Waals surface area contributed by atoms with E-state index in [0.29, 0.717) is 24.2 Å². The molecule has 2 unspecified atom stereocenters. The monoisotopic (exact) mass is 296 g/mol. The number of likely N-dealkylation sites (tertiary alicyclic amines) is 1. The van der Waals surface area contributed by atoms with Gasteiger partial charge < -0.3 is 5.32 Å². The summed E-state index contributed by atoms with van der Waals surface area (Å²) in [4.78, 5) is 2.30. The fourth-order valence-electron chi connectivity index (χ4n) is 3.18. The standard InChI is InChI=1S/C17H26F2N2/c1-3-10-20-13(2)16-9-4-5-11-21(16)12-14-7-6-8-15(18)17(14)19/h6-8,13,16,20H,3-5,9-12H2,1-2H3. The largest absolute Gasteiger partial charge is 0.313 e. The van der Waals surface area contributed by atoms with Crippen molar-refractivity contribution in [2.45, 2.75) is 58.2 Å². The van der Waals surface area contributed by atoms with E-state index < -0.39 is 11.6 Å². The predicted molar refractivity (Wildman–Crippen MR) is 82.2 cm³/mol. The van der Waals surface area contributed by atoms with E-state index >= 15 is 0 Å². The van der Waals surface area contributed by atoms with E-state index in [1.165, 1.54) is 12.5 Å². The second-order valence-corrected chi connectivity index (χ2v) is 5.99. The van der Waals surface area contributed by atoms with Gasteiger partial charge in [-0.15, -0.1) is 0 Å². The van der Waals surface area contributed by atoms with E-state index in [-0.39, 0.29) is 0 Å². The van der Waals surface area contributed by atoms with Crippen LogP contribution in [0.25, 0.3) is 0 Å². The van der Waals surface area contributed by atoms with Crippen LogP contribution < -0.4 is 5.32 Å². The van der Waals surface area contributed by atoms with Gasteiger partial charge in [0.1, 0.15) is 0 Å². The molecule has 1 heterocycles. The zero-order valence-electron chi connectivity index (χ0n) is 13.0. The lowest BCUT2D eigenvalue weighted by Gasteiger charge is -2.39. The van der Waals surface area contributed by atoms with Gasteiger partial charge in [0.15, 0.2) is 11.6 Å². The maximum absolute atomic E-state index is 13.9. The van der Waals surface area contributed by atoms with E-state index in [1.807, 2.05) is 0 Å². The summed E-state index contributed by atoms with van der Waals surface area (Å²) in [5.74, 6) is -1.45. The first kappa shape index (κ1) is 16.4. The normalized spacial score (nSPS) is 21.4. The zero-order valence-corrected chi connectivity index (χ0v) is 13.0. The molecule has 0 saturated carbocycles. The SMILES string of the molecule is CCCNC(C)C1CCCCN1Cc1cccc(F)c1F.